The molecule has 0 aromatic carbocycles. The van der Waals surface area contributed by atoms with Crippen LogP contribution in [-0.2, 0) is 9.47 Å². The molecular weight excluding hydrogens is 218 g/mol. The van der Waals surface area contributed by atoms with Crippen LogP contribution in [0.3, 0.4) is 0 Å². The molecule has 1 aromatic heterocycles. The molecule has 0 bridgehead atoms. The molecule has 16 heavy (non-hydrogen) atoms. The highest BCUT2D eigenvalue weighted by Gasteiger charge is 2.27. The van der Waals surface area contributed by atoms with Crippen molar-refractivity contribution in [2.45, 2.75) is 6.92 Å². The lowest BCUT2D eigenvalue weighted by atomic mass is 10.3. The molecule has 0 fully saturated rings. The smallest absolute Gasteiger partial charge is 0.395 e. The third kappa shape index (κ3) is 2.30. The van der Waals surface area contributed by atoms with Gasteiger partial charge in [0.15, 0.2) is 0 Å². The maximum atomic E-state index is 11.3. The second-order valence-corrected chi connectivity index (χ2v) is 2.57. The molecule has 0 radical (unpaired) electrons. The number of carbonyl (C=O) groups excluding carboxylic acids is 2. The van der Waals surface area contributed by atoms with Gasteiger partial charge in [0, 0.05) is 0 Å². The molecule has 0 N–H and O–H groups in total. The molecule has 0 atom stereocenters. The second-order valence-electron chi connectivity index (χ2n) is 2.57. The fourth-order valence-corrected chi connectivity index (χ4v) is 0.952. The summed E-state index contributed by atoms with van der Waals surface area (Å²) in [4.78, 5) is 26.2. The molecule has 0 spiro atoms. The molecule has 1 heterocycles. The monoisotopic (exact) mass is 229 g/mol. The molecule has 1 rings (SSSR count). The number of ether oxygens (including phenoxy) is 3. The molecule has 0 aliphatic carbocycles. The summed E-state index contributed by atoms with van der Waals surface area (Å²) in [7, 11) is 2.32. The first kappa shape index (κ1) is 12.0. The minimum Gasteiger partial charge on any atom is -0.464 e. The van der Waals surface area contributed by atoms with Crippen molar-refractivity contribution in [1.82, 2.24) is 4.98 Å². The third-order valence-corrected chi connectivity index (χ3v) is 1.62. The summed E-state index contributed by atoms with van der Waals surface area (Å²) < 4.78 is 18.7. The average Bonchev–Trinajstić information content (AvgIpc) is 2.71. The SMILES string of the molecule is CCOc1nc(C(=O)OC)c(C(=O)OC)o1. The van der Waals surface area contributed by atoms with Crippen LogP contribution in [0.25, 0.3) is 0 Å². The molecule has 0 aliphatic heterocycles. The first-order chi connectivity index (χ1) is 7.63. The van der Waals surface area contributed by atoms with Gasteiger partial charge in [-0.05, 0) is 6.92 Å². The number of esters is 2. The average molecular weight is 229 g/mol. The Hall–Kier alpha value is -2.05. The highest BCUT2D eigenvalue weighted by Crippen LogP contribution is 2.18. The normalized spacial score (nSPS) is 9.69. The van der Waals surface area contributed by atoms with E-state index in [9.17, 15) is 9.59 Å². The Bertz CT molecular complexity index is 363. The highest BCUT2D eigenvalue weighted by atomic mass is 16.6. The predicted molar refractivity (Wildman–Crippen MR) is 50.4 cm³/mol. The van der Waals surface area contributed by atoms with Crippen LogP contribution in [0.5, 0.6) is 6.08 Å². The molecule has 0 aliphatic rings. The molecule has 0 saturated heterocycles. The van der Waals surface area contributed by atoms with E-state index in [4.69, 9.17) is 9.15 Å². The number of aromatic nitrogens is 1. The first-order valence-electron chi connectivity index (χ1n) is 4.44. The summed E-state index contributed by atoms with van der Waals surface area (Å²) in [5, 5.41) is 0. The van der Waals surface area contributed by atoms with Crippen LogP contribution in [0.1, 0.15) is 28.0 Å². The standard InChI is InChI=1S/C9H11NO6/c1-4-15-9-10-5(7(11)13-2)6(16-9)8(12)14-3/h4H2,1-3H3. The summed E-state index contributed by atoms with van der Waals surface area (Å²) in [6.07, 6.45) is -0.177. The van der Waals surface area contributed by atoms with Gasteiger partial charge in [0.2, 0.25) is 5.69 Å². The summed E-state index contributed by atoms with van der Waals surface area (Å²) in [5.74, 6) is -1.95. The van der Waals surface area contributed by atoms with Crippen LogP contribution in [0.15, 0.2) is 4.42 Å². The van der Waals surface area contributed by atoms with Gasteiger partial charge >= 0.3 is 18.0 Å². The number of methoxy groups -OCH3 is 2. The quantitative estimate of drug-likeness (QED) is 0.700. The number of carbonyl (C=O) groups is 2. The minimum absolute atomic E-state index is 0.177. The maximum Gasteiger partial charge on any atom is 0.395 e. The number of oxazole rings is 1. The Morgan fingerprint density at radius 3 is 2.38 bits per heavy atom. The van der Waals surface area contributed by atoms with Gasteiger partial charge in [-0.25, -0.2) is 9.59 Å². The second kappa shape index (κ2) is 5.15. The van der Waals surface area contributed by atoms with Gasteiger partial charge < -0.3 is 18.6 Å². The van der Waals surface area contributed by atoms with Crippen LogP contribution < -0.4 is 4.74 Å². The van der Waals surface area contributed by atoms with Gasteiger partial charge in [-0.15, -0.1) is 0 Å². The van der Waals surface area contributed by atoms with Crippen molar-refractivity contribution >= 4 is 11.9 Å². The van der Waals surface area contributed by atoms with Crippen molar-refractivity contribution in [3.63, 3.8) is 0 Å². The number of hydrogen-bond acceptors (Lipinski definition) is 7. The maximum absolute atomic E-state index is 11.3. The van der Waals surface area contributed by atoms with E-state index in [1.807, 2.05) is 0 Å². The number of nitrogens with zero attached hydrogens (tertiary/aromatic N) is 1. The molecule has 0 unspecified atom stereocenters. The Morgan fingerprint density at radius 2 is 1.88 bits per heavy atom. The lowest BCUT2D eigenvalue weighted by Crippen LogP contribution is -2.10. The van der Waals surface area contributed by atoms with E-state index in [0.717, 1.165) is 7.11 Å². The highest BCUT2D eigenvalue weighted by molar-refractivity contribution is 5.99. The molecule has 0 saturated carbocycles. The largest absolute Gasteiger partial charge is 0.464 e. The predicted octanol–water partition coefficient (Wildman–Crippen LogP) is 0.646. The van der Waals surface area contributed by atoms with Crippen molar-refractivity contribution < 1.29 is 28.2 Å². The van der Waals surface area contributed by atoms with Crippen molar-refractivity contribution in [3.05, 3.63) is 11.5 Å². The third-order valence-electron chi connectivity index (χ3n) is 1.62. The van der Waals surface area contributed by atoms with E-state index >= 15 is 0 Å². The van der Waals surface area contributed by atoms with Gasteiger partial charge in [0.05, 0.1) is 20.8 Å². The lowest BCUT2D eigenvalue weighted by molar-refractivity contribution is 0.0523. The van der Waals surface area contributed by atoms with Gasteiger partial charge in [-0.3, -0.25) is 0 Å². The summed E-state index contributed by atoms with van der Waals surface area (Å²) in [6.45, 7) is 2.00. The van der Waals surface area contributed by atoms with E-state index in [0.29, 0.717) is 6.61 Å². The van der Waals surface area contributed by atoms with Crippen LogP contribution in [-0.4, -0.2) is 37.7 Å². The number of hydrogen-bond donors (Lipinski definition) is 0. The molecule has 7 heteroatoms. The fourth-order valence-electron chi connectivity index (χ4n) is 0.952. The van der Waals surface area contributed by atoms with Crippen molar-refractivity contribution in [2.24, 2.45) is 0 Å². The Labute approximate surface area is 91.3 Å². The molecule has 1 aromatic rings. The van der Waals surface area contributed by atoms with Gasteiger partial charge in [0.1, 0.15) is 0 Å². The van der Waals surface area contributed by atoms with E-state index in [1.54, 1.807) is 6.92 Å². The fraction of sp³-hybridized carbons (Fsp3) is 0.444. The minimum atomic E-state index is -0.821. The van der Waals surface area contributed by atoms with Crippen molar-refractivity contribution in [1.29, 1.82) is 0 Å². The first-order valence-corrected chi connectivity index (χ1v) is 4.44. The molecule has 0 amide bonds. The Balaban J connectivity index is 3.12. The van der Waals surface area contributed by atoms with Gasteiger partial charge in [0.25, 0.3) is 5.76 Å². The Kier molecular flexibility index (Phi) is 3.87. The van der Waals surface area contributed by atoms with Crippen LogP contribution >= 0.6 is 0 Å². The molecular formula is C9H11NO6. The van der Waals surface area contributed by atoms with Crippen LogP contribution in [0.4, 0.5) is 0 Å². The topological polar surface area (TPSA) is 87.9 Å². The van der Waals surface area contributed by atoms with Crippen LogP contribution in [0.2, 0.25) is 0 Å². The van der Waals surface area contributed by atoms with Crippen molar-refractivity contribution in [2.75, 3.05) is 20.8 Å². The Morgan fingerprint density at radius 1 is 1.25 bits per heavy atom. The summed E-state index contributed by atoms with van der Waals surface area (Å²) >= 11 is 0. The van der Waals surface area contributed by atoms with E-state index in [2.05, 4.69) is 14.5 Å². The zero-order chi connectivity index (χ0) is 12.1. The molecule has 88 valence electrons. The van der Waals surface area contributed by atoms with Gasteiger partial charge in [-0.2, -0.15) is 4.98 Å². The van der Waals surface area contributed by atoms with E-state index < -0.39 is 11.9 Å². The number of rotatable bonds is 4. The van der Waals surface area contributed by atoms with E-state index in [-0.39, 0.29) is 17.5 Å². The zero-order valence-corrected chi connectivity index (χ0v) is 9.10. The van der Waals surface area contributed by atoms with Crippen LogP contribution in [0, 0.1) is 0 Å². The molecule has 7 nitrogen and oxygen atoms in total. The summed E-state index contributed by atoms with van der Waals surface area (Å²) in [5.41, 5.74) is -0.266. The lowest BCUT2D eigenvalue weighted by Gasteiger charge is -1.96. The van der Waals surface area contributed by atoms with E-state index in [1.165, 1.54) is 7.11 Å². The van der Waals surface area contributed by atoms with Gasteiger partial charge in [-0.1, -0.05) is 0 Å². The van der Waals surface area contributed by atoms with Crippen molar-refractivity contribution in [3.8, 4) is 6.08 Å². The summed E-state index contributed by atoms with van der Waals surface area (Å²) in [6, 6.07) is 0. The zero-order valence-electron chi connectivity index (χ0n) is 9.10.